The third kappa shape index (κ3) is 4.34. The highest BCUT2D eigenvalue weighted by Crippen LogP contribution is 2.35. The van der Waals surface area contributed by atoms with Gasteiger partial charge in [0.15, 0.2) is 0 Å². The molecule has 0 saturated heterocycles. The molecule has 0 fully saturated rings. The summed E-state index contributed by atoms with van der Waals surface area (Å²) in [6, 6.07) is 10.1. The first-order valence-electron chi connectivity index (χ1n) is 7.44. The third-order valence-corrected chi connectivity index (χ3v) is 3.51. The van der Waals surface area contributed by atoms with Crippen molar-refractivity contribution in [2.45, 2.75) is 58.3 Å². The van der Waals surface area contributed by atoms with E-state index < -0.39 is 5.41 Å². The molecule has 0 unspecified atom stereocenters. The quantitative estimate of drug-likeness (QED) is 0.705. The highest BCUT2D eigenvalue weighted by Gasteiger charge is 2.39. The number of rotatable bonds is 8. The van der Waals surface area contributed by atoms with Crippen LogP contribution in [0.4, 0.5) is 0 Å². The van der Waals surface area contributed by atoms with Gasteiger partial charge in [0, 0.05) is 0 Å². The molecule has 0 aliphatic carbocycles. The third-order valence-electron chi connectivity index (χ3n) is 3.51. The number of benzene rings is 1. The molecule has 3 N–H and O–H groups in total. The standard InChI is InChI=1S/C17H26O2.H3N/c1-4-12-17(13-5-2,16(18)19-14-6-3)15-10-8-7-9-11-15;/h7-11H,4-6,12-14H2,1-3H3;1H3. The molecule has 1 aromatic carbocycles. The molecule has 1 rings (SSSR count). The fourth-order valence-corrected chi connectivity index (χ4v) is 2.68. The van der Waals surface area contributed by atoms with E-state index in [1.807, 2.05) is 25.1 Å². The zero-order valence-corrected chi connectivity index (χ0v) is 13.2. The van der Waals surface area contributed by atoms with Gasteiger partial charge < -0.3 is 10.9 Å². The molecule has 0 aliphatic rings. The Bertz CT molecular complexity index is 370. The van der Waals surface area contributed by atoms with Crippen molar-refractivity contribution in [3.63, 3.8) is 0 Å². The van der Waals surface area contributed by atoms with Gasteiger partial charge in [0.05, 0.1) is 12.0 Å². The van der Waals surface area contributed by atoms with Gasteiger partial charge in [-0.1, -0.05) is 63.9 Å². The highest BCUT2D eigenvalue weighted by molar-refractivity contribution is 5.83. The van der Waals surface area contributed by atoms with Gasteiger partial charge in [-0.2, -0.15) is 0 Å². The fourth-order valence-electron chi connectivity index (χ4n) is 2.68. The highest BCUT2D eigenvalue weighted by atomic mass is 16.5. The second-order valence-electron chi connectivity index (χ2n) is 5.08. The number of hydrogen-bond donors (Lipinski definition) is 1. The smallest absolute Gasteiger partial charge is 0.316 e. The van der Waals surface area contributed by atoms with Crippen molar-refractivity contribution >= 4 is 5.97 Å². The van der Waals surface area contributed by atoms with E-state index in [9.17, 15) is 4.79 Å². The van der Waals surface area contributed by atoms with Crippen LogP contribution in [0.3, 0.4) is 0 Å². The Kier molecular flexibility index (Phi) is 8.89. The minimum absolute atomic E-state index is 0. The molecule has 0 heterocycles. The van der Waals surface area contributed by atoms with Crippen LogP contribution in [0.2, 0.25) is 0 Å². The van der Waals surface area contributed by atoms with E-state index in [4.69, 9.17) is 4.74 Å². The van der Waals surface area contributed by atoms with Crippen LogP contribution < -0.4 is 6.15 Å². The molecule has 0 atom stereocenters. The summed E-state index contributed by atoms with van der Waals surface area (Å²) in [6.07, 6.45) is 4.54. The Labute approximate surface area is 123 Å². The van der Waals surface area contributed by atoms with Gasteiger partial charge in [-0.15, -0.1) is 0 Å². The van der Waals surface area contributed by atoms with Gasteiger partial charge in [-0.3, -0.25) is 4.79 Å². The van der Waals surface area contributed by atoms with Crippen molar-refractivity contribution in [1.82, 2.24) is 6.15 Å². The summed E-state index contributed by atoms with van der Waals surface area (Å²) in [5, 5.41) is 0. The maximum Gasteiger partial charge on any atom is 0.316 e. The van der Waals surface area contributed by atoms with Crippen molar-refractivity contribution < 1.29 is 9.53 Å². The SMILES string of the molecule is CCCOC(=O)C(CCC)(CCC)c1ccccc1.N. The largest absolute Gasteiger partial charge is 0.465 e. The minimum Gasteiger partial charge on any atom is -0.465 e. The van der Waals surface area contributed by atoms with Crippen molar-refractivity contribution in [2.75, 3.05) is 6.61 Å². The predicted molar refractivity (Wildman–Crippen MR) is 84.2 cm³/mol. The molecular weight excluding hydrogens is 250 g/mol. The summed E-state index contributed by atoms with van der Waals surface area (Å²) < 4.78 is 5.48. The summed E-state index contributed by atoms with van der Waals surface area (Å²) in [5.41, 5.74) is 0.639. The molecule has 0 bridgehead atoms. The monoisotopic (exact) mass is 279 g/mol. The Balaban J connectivity index is 0.00000361. The first-order chi connectivity index (χ1) is 9.21. The molecule has 3 heteroatoms. The number of hydrogen-bond acceptors (Lipinski definition) is 3. The normalized spacial score (nSPS) is 10.8. The predicted octanol–water partition coefficient (Wildman–Crippen LogP) is 4.64. The second-order valence-corrected chi connectivity index (χ2v) is 5.08. The molecule has 1 aromatic rings. The zero-order valence-electron chi connectivity index (χ0n) is 13.2. The van der Waals surface area contributed by atoms with Crippen LogP contribution in [0.25, 0.3) is 0 Å². The second kappa shape index (κ2) is 9.54. The summed E-state index contributed by atoms with van der Waals surface area (Å²) in [5.74, 6) is -0.0516. The molecular formula is C17H29NO2. The van der Waals surface area contributed by atoms with Crippen molar-refractivity contribution in [1.29, 1.82) is 0 Å². The molecule has 3 nitrogen and oxygen atoms in total. The lowest BCUT2D eigenvalue weighted by atomic mass is 9.73. The molecule has 0 spiro atoms. The van der Waals surface area contributed by atoms with E-state index >= 15 is 0 Å². The van der Waals surface area contributed by atoms with E-state index in [1.54, 1.807) is 0 Å². The summed E-state index contributed by atoms with van der Waals surface area (Å²) in [4.78, 5) is 12.6. The van der Waals surface area contributed by atoms with Crippen LogP contribution in [0.15, 0.2) is 30.3 Å². The maximum atomic E-state index is 12.6. The lowest BCUT2D eigenvalue weighted by molar-refractivity contribution is -0.151. The van der Waals surface area contributed by atoms with Crippen LogP contribution in [-0.2, 0) is 14.9 Å². The first kappa shape index (κ1) is 18.7. The Hall–Kier alpha value is -1.35. The van der Waals surface area contributed by atoms with Crippen molar-refractivity contribution in [2.24, 2.45) is 0 Å². The Morgan fingerprint density at radius 3 is 2.00 bits per heavy atom. The maximum absolute atomic E-state index is 12.6. The Morgan fingerprint density at radius 2 is 1.55 bits per heavy atom. The fraction of sp³-hybridized carbons (Fsp3) is 0.588. The van der Waals surface area contributed by atoms with Crippen molar-refractivity contribution in [3.05, 3.63) is 35.9 Å². The van der Waals surface area contributed by atoms with E-state index in [1.165, 1.54) is 0 Å². The van der Waals surface area contributed by atoms with Crippen LogP contribution in [-0.4, -0.2) is 12.6 Å². The summed E-state index contributed by atoms with van der Waals surface area (Å²) >= 11 is 0. The topological polar surface area (TPSA) is 61.3 Å². The molecule has 0 saturated carbocycles. The van der Waals surface area contributed by atoms with Gasteiger partial charge in [-0.05, 0) is 24.8 Å². The van der Waals surface area contributed by atoms with Gasteiger partial charge in [-0.25, -0.2) is 0 Å². The van der Waals surface area contributed by atoms with Crippen LogP contribution in [0, 0.1) is 0 Å². The number of carbonyl (C=O) groups excluding carboxylic acids is 1. The average molecular weight is 279 g/mol. The molecule has 20 heavy (non-hydrogen) atoms. The van der Waals surface area contributed by atoms with Gasteiger partial charge in [0.25, 0.3) is 0 Å². The molecule has 114 valence electrons. The van der Waals surface area contributed by atoms with Gasteiger partial charge >= 0.3 is 5.97 Å². The molecule has 0 aromatic heterocycles. The number of carbonyl (C=O) groups is 1. The van der Waals surface area contributed by atoms with Crippen LogP contribution in [0.1, 0.15) is 58.4 Å². The summed E-state index contributed by atoms with van der Waals surface area (Å²) in [7, 11) is 0. The molecule has 0 aliphatic heterocycles. The summed E-state index contributed by atoms with van der Waals surface area (Å²) in [6.45, 7) is 6.79. The lowest BCUT2D eigenvalue weighted by Crippen LogP contribution is -2.37. The van der Waals surface area contributed by atoms with Gasteiger partial charge in [0.2, 0.25) is 0 Å². The van der Waals surface area contributed by atoms with Gasteiger partial charge in [0.1, 0.15) is 0 Å². The van der Waals surface area contributed by atoms with E-state index in [0.29, 0.717) is 6.61 Å². The Morgan fingerprint density at radius 1 is 1.00 bits per heavy atom. The van der Waals surface area contributed by atoms with E-state index in [-0.39, 0.29) is 12.1 Å². The van der Waals surface area contributed by atoms with Crippen molar-refractivity contribution in [3.8, 4) is 0 Å². The first-order valence-corrected chi connectivity index (χ1v) is 7.44. The lowest BCUT2D eigenvalue weighted by Gasteiger charge is -2.31. The average Bonchev–Trinajstić information content (AvgIpc) is 2.45. The number of esters is 1. The van der Waals surface area contributed by atoms with E-state index in [0.717, 1.165) is 37.7 Å². The van der Waals surface area contributed by atoms with Crippen LogP contribution >= 0.6 is 0 Å². The number of ether oxygens (including phenoxy) is 1. The minimum atomic E-state index is -0.458. The molecule has 0 radical (unpaired) electrons. The zero-order chi connectivity index (χ0) is 14.1. The van der Waals surface area contributed by atoms with Crippen LogP contribution in [0.5, 0.6) is 0 Å². The van der Waals surface area contributed by atoms with E-state index in [2.05, 4.69) is 26.0 Å². The molecule has 0 amide bonds.